The van der Waals surface area contributed by atoms with Crippen LogP contribution in [0.4, 0.5) is 0 Å². The molecule has 0 saturated carbocycles. The van der Waals surface area contributed by atoms with Gasteiger partial charge in [-0.3, -0.25) is 4.98 Å². The molecule has 17 heavy (non-hydrogen) atoms. The summed E-state index contributed by atoms with van der Waals surface area (Å²) >= 11 is 0. The fraction of sp³-hybridized carbons (Fsp3) is 0.214. The molecule has 0 amide bonds. The van der Waals surface area contributed by atoms with E-state index < -0.39 is 0 Å². The SMILES string of the molecule is CNCc1ccc(Oc2ccnc(C)c2)cc1. The molecular weight excluding hydrogens is 212 g/mol. The third kappa shape index (κ3) is 3.29. The first-order valence-electron chi connectivity index (χ1n) is 5.62. The molecule has 2 aromatic rings. The minimum Gasteiger partial charge on any atom is -0.457 e. The Hall–Kier alpha value is -1.87. The highest BCUT2D eigenvalue weighted by Crippen LogP contribution is 2.21. The van der Waals surface area contributed by atoms with Crippen LogP contribution in [0, 0.1) is 6.92 Å². The average molecular weight is 228 g/mol. The molecule has 0 unspecified atom stereocenters. The first-order chi connectivity index (χ1) is 8.28. The molecule has 1 N–H and O–H groups in total. The van der Waals surface area contributed by atoms with Crippen LogP contribution in [0.2, 0.25) is 0 Å². The van der Waals surface area contributed by atoms with E-state index in [-0.39, 0.29) is 0 Å². The van der Waals surface area contributed by atoms with Gasteiger partial charge in [0.2, 0.25) is 0 Å². The lowest BCUT2D eigenvalue weighted by atomic mass is 10.2. The second kappa shape index (κ2) is 5.46. The van der Waals surface area contributed by atoms with Crippen molar-refractivity contribution in [3.05, 3.63) is 53.9 Å². The third-order valence-electron chi connectivity index (χ3n) is 2.41. The highest BCUT2D eigenvalue weighted by atomic mass is 16.5. The van der Waals surface area contributed by atoms with E-state index in [1.54, 1.807) is 6.20 Å². The van der Waals surface area contributed by atoms with Crippen LogP contribution in [0.25, 0.3) is 0 Å². The smallest absolute Gasteiger partial charge is 0.130 e. The second-order valence-corrected chi connectivity index (χ2v) is 3.91. The quantitative estimate of drug-likeness (QED) is 0.873. The number of nitrogens with one attached hydrogen (secondary N) is 1. The third-order valence-corrected chi connectivity index (χ3v) is 2.41. The summed E-state index contributed by atoms with van der Waals surface area (Å²) in [5.41, 5.74) is 2.19. The van der Waals surface area contributed by atoms with Crippen LogP contribution in [-0.2, 0) is 6.54 Å². The standard InChI is InChI=1S/C14H16N2O/c1-11-9-14(7-8-16-11)17-13-5-3-12(4-6-13)10-15-2/h3-9,15H,10H2,1-2H3. The molecule has 0 fully saturated rings. The lowest BCUT2D eigenvalue weighted by Crippen LogP contribution is -2.04. The van der Waals surface area contributed by atoms with Crippen LogP contribution in [0.1, 0.15) is 11.3 Å². The number of rotatable bonds is 4. The van der Waals surface area contributed by atoms with Crippen LogP contribution in [0.15, 0.2) is 42.6 Å². The van der Waals surface area contributed by atoms with Crippen LogP contribution in [0.3, 0.4) is 0 Å². The van der Waals surface area contributed by atoms with Crippen LogP contribution in [-0.4, -0.2) is 12.0 Å². The number of ether oxygens (including phenoxy) is 1. The van der Waals surface area contributed by atoms with Gasteiger partial charge in [0.25, 0.3) is 0 Å². The zero-order chi connectivity index (χ0) is 12.1. The molecular formula is C14H16N2O. The maximum absolute atomic E-state index is 5.73. The van der Waals surface area contributed by atoms with Crippen molar-refractivity contribution in [2.45, 2.75) is 13.5 Å². The van der Waals surface area contributed by atoms with E-state index in [4.69, 9.17) is 4.74 Å². The normalized spacial score (nSPS) is 10.2. The molecule has 0 atom stereocenters. The Kier molecular flexibility index (Phi) is 3.73. The number of hydrogen-bond donors (Lipinski definition) is 1. The topological polar surface area (TPSA) is 34.1 Å². The molecule has 1 aromatic carbocycles. The zero-order valence-electron chi connectivity index (χ0n) is 10.1. The van der Waals surface area contributed by atoms with Crippen molar-refractivity contribution >= 4 is 0 Å². The molecule has 0 aliphatic rings. The lowest BCUT2D eigenvalue weighted by Gasteiger charge is -2.07. The van der Waals surface area contributed by atoms with E-state index in [2.05, 4.69) is 22.4 Å². The summed E-state index contributed by atoms with van der Waals surface area (Å²) in [6.07, 6.45) is 1.75. The number of benzene rings is 1. The molecule has 3 heteroatoms. The second-order valence-electron chi connectivity index (χ2n) is 3.91. The Morgan fingerprint density at radius 1 is 1.12 bits per heavy atom. The molecule has 1 heterocycles. The molecule has 2 rings (SSSR count). The summed E-state index contributed by atoms with van der Waals surface area (Å²) in [4.78, 5) is 4.13. The molecule has 1 aromatic heterocycles. The Morgan fingerprint density at radius 3 is 2.53 bits per heavy atom. The first-order valence-corrected chi connectivity index (χ1v) is 5.62. The van der Waals surface area contributed by atoms with Gasteiger partial charge in [0.05, 0.1) is 0 Å². The monoisotopic (exact) mass is 228 g/mol. The van der Waals surface area contributed by atoms with Gasteiger partial charge < -0.3 is 10.1 Å². The highest BCUT2D eigenvalue weighted by Gasteiger charge is 1.98. The Labute approximate surface area is 101 Å². The summed E-state index contributed by atoms with van der Waals surface area (Å²) in [6, 6.07) is 11.8. The van der Waals surface area contributed by atoms with Crippen molar-refractivity contribution in [2.24, 2.45) is 0 Å². The summed E-state index contributed by atoms with van der Waals surface area (Å²) in [5.74, 6) is 1.66. The maximum atomic E-state index is 5.73. The van der Waals surface area contributed by atoms with E-state index in [1.807, 2.05) is 38.2 Å². The van der Waals surface area contributed by atoms with Crippen molar-refractivity contribution < 1.29 is 4.74 Å². The molecule has 0 spiro atoms. The van der Waals surface area contributed by atoms with E-state index in [0.29, 0.717) is 0 Å². The van der Waals surface area contributed by atoms with Crippen molar-refractivity contribution in [3.8, 4) is 11.5 Å². The molecule has 0 bridgehead atoms. The summed E-state index contributed by atoms with van der Waals surface area (Å²) in [7, 11) is 1.93. The van der Waals surface area contributed by atoms with Crippen LogP contribution in [0.5, 0.6) is 11.5 Å². The van der Waals surface area contributed by atoms with E-state index >= 15 is 0 Å². The predicted octanol–water partition coefficient (Wildman–Crippen LogP) is 2.90. The van der Waals surface area contributed by atoms with Gasteiger partial charge in [-0.15, -0.1) is 0 Å². The fourth-order valence-electron chi connectivity index (χ4n) is 1.60. The molecule has 0 aliphatic heterocycles. The summed E-state index contributed by atoms with van der Waals surface area (Å²) in [5, 5.41) is 3.11. The van der Waals surface area contributed by atoms with Crippen molar-refractivity contribution in [3.63, 3.8) is 0 Å². The van der Waals surface area contributed by atoms with Gasteiger partial charge in [-0.1, -0.05) is 12.1 Å². The molecule has 3 nitrogen and oxygen atoms in total. The number of pyridine rings is 1. The minimum absolute atomic E-state index is 0.818. The fourth-order valence-corrected chi connectivity index (χ4v) is 1.60. The number of nitrogens with zero attached hydrogens (tertiary/aromatic N) is 1. The maximum Gasteiger partial charge on any atom is 0.130 e. The number of aromatic nitrogens is 1. The minimum atomic E-state index is 0.818. The Balaban J connectivity index is 2.08. The highest BCUT2D eigenvalue weighted by molar-refractivity contribution is 5.33. The van der Waals surface area contributed by atoms with Gasteiger partial charge in [0.15, 0.2) is 0 Å². The van der Waals surface area contributed by atoms with Gasteiger partial charge >= 0.3 is 0 Å². The van der Waals surface area contributed by atoms with Gasteiger partial charge in [-0.2, -0.15) is 0 Å². The van der Waals surface area contributed by atoms with Crippen molar-refractivity contribution in [1.29, 1.82) is 0 Å². The number of aryl methyl sites for hydroxylation is 1. The largest absolute Gasteiger partial charge is 0.457 e. The molecule has 0 aliphatic carbocycles. The van der Waals surface area contributed by atoms with Crippen LogP contribution < -0.4 is 10.1 Å². The van der Waals surface area contributed by atoms with Gasteiger partial charge in [-0.05, 0) is 37.7 Å². The zero-order valence-corrected chi connectivity index (χ0v) is 10.1. The average Bonchev–Trinajstić information content (AvgIpc) is 2.32. The summed E-state index contributed by atoms with van der Waals surface area (Å²) in [6.45, 7) is 2.82. The predicted molar refractivity (Wildman–Crippen MR) is 68.3 cm³/mol. The Morgan fingerprint density at radius 2 is 1.88 bits per heavy atom. The Bertz CT molecular complexity index is 480. The van der Waals surface area contributed by atoms with Crippen LogP contribution >= 0.6 is 0 Å². The summed E-state index contributed by atoms with van der Waals surface area (Å²) < 4.78 is 5.73. The van der Waals surface area contributed by atoms with Crippen molar-refractivity contribution in [1.82, 2.24) is 10.3 Å². The first kappa shape index (κ1) is 11.6. The molecule has 0 saturated heterocycles. The molecule has 88 valence electrons. The van der Waals surface area contributed by atoms with Gasteiger partial charge in [0, 0.05) is 24.5 Å². The van der Waals surface area contributed by atoms with E-state index in [9.17, 15) is 0 Å². The van der Waals surface area contributed by atoms with E-state index in [1.165, 1.54) is 5.56 Å². The van der Waals surface area contributed by atoms with Crippen molar-refractivity contribution in [2.75, 3.05) is 7.05 Å². The van der Waals surface area contributed by atoms with E-state index in [0.717, 1.165) is 23.7 Å². The molecule has 0 radical (unpaired) electrons. The number of hydrogen-bond acceptors (Lipinski definition) is 3. The lowest BCUT2D eigenvalue weighted by molar-refractivity contribution is 0.481. The van der Waals surface area contributed by atoms with Gasteiger partial charge in [0.1, 0.15) is 11.5 Å². The van der Waals surface area contributed by atoms with Gasteiger partial charge in [-0.25, -0.2) is 0 Å².